The van der Waals surface area contributed by atoms with Gasteiger partial charge >= 0.3 is 0 Å². The number of nitrogens with two attached hydrogens (primary N) is 1. The molecule has 0 aromatic carbocycles. The Hall–Kier alpha value is -0.0400. The molecule has 2 unspecified atom stereocenters. The van der Waals surface area contributed by atoms with E-state index in [-0.39, 0.29) is 6.04 Å². The van der Waals surface area contributed by atoms with Crippen LogP contribution >= 0.6 is 0 Å². The molecular formula is C5H12N. The molecule has 0 aliphatic rings. The summed E-state index contributed by atoms with van der Waals surface area (Å²) in [6, 6.07) is 0.241. The van der Waals surface area contributed by atoms with Crippen LogP contribution in [-0.4, -0.2) is 6.04 Å². The zero-order chi connectivity index (χ0) is 5.15. The molecule has 0 amide bonds. The van der Waals surface area contributed by atoms with E-state index in [9.17, 15) is 0 Å². The van der Waals surface area contributed by atoms with E-state index in [0.717, 1.165) is 0 Å². The van der Waals surface area contributed by atoms with Crippen molar-refractivity contribution in [3.63, 3.8) is 0 Å². The maximum atomic E-state index is 5.37. The normalized spacial score (nSPS) is 15.5. The lowest BCUT2D eigenvalue weighted by Gasteiger charge is -2.05. The van der Waals surface area contributed by atoms with Gasteiger partial charge < -0.3 is 5.73 Å². The number of hydrogen-bond donors (Lipinski definition) is 1. The van der Waals surface area contributed by atoms with Gasteiger partial charge in [0.25, 0.3) is 0 Å². The smallest absolute Gasteiger partial charge is 0.00361 e. The summed E-state index contributed by atoms with van der Waals surface area (Å²) in [4.78, 5) is 0. The Morgan fingerprint density at radius 1 is 1.50 bits per heavy atom. The van der Waals surface area contributed by atoms with Gasteiger partial charge in [-0.15, -0.1) is 0 Å². The van der Waals surface area contributed by atoms with E-state index in [0.29, 0.717) is 5.92 Å². The Morgan fingerprint density at radius 3 is 1.67 bits per heavy atom. The first-order valence-corrected chi connectivity index (χ1v) is 2.23. The summed E-state index contributed by atoms with van der Waals surface area (Å²) in [5, 5.41) is 0. The average Bonchev–Trinajstić information content (AvgIpc) is 1.36. The van der Waals surface area contributed by atoms with Gasteiger partial charge in [0.1, 0.15) is 0 Å². The lowest BCUT2D eigenvalue weighted by atomic mass is 10.1. The van der Waals surface area contributed by atoms with Gasteiger partial charge in [0.15, 0.2) is 0 Å². The molecule has 2 N–H and O–H groups in total. The van der Waals surface area contributed by atoms with Gasteiger partial charge in [-0.1, -0.05) is 6.92 Å². The molecule has 0 saturated heterocycles. The van der Waals surface area contributed by atoms with E-state index in [1.54, 1.807) is 0 Å². The van der Waals surface area contributed by atoms with Gasteiger partial charge in [-0.25, -0.2) is 0 Å². The molecule has 1 radical (unpaired) electrons. The van der Waals surface area contributed by atoms with Crippen molar-refractivity contribution in [1.82, 2.24) is 0 Å². The molecule has 1 nitrogen and oxygen atoms in total. The largest absolute Gasteiger partial charge is 0.328 e. The Bertz CT molecular complexity index is 24.9. The molecule has 0 aromatic rings. The van der Waals surface area contributed by atoms with Gasteiger partial charge in [-0.05, 0) is 19.8 Å². The van der Waals surface area contributed by atoms with E-state index >= 15 is 0 Å². The Labute approximate surface area is 39.5 Å². The van der Waals surface area contributed by atoms with Gasteiger partial charge in [-0.3, -0.25) is 0 Å². The van der Waals surface area contributed by atoms with Crippen molar-refractivity contribution in [2.45, 2.75) is 19.9 Å². The minimum absolute atomic E-state index is 0.241. The van der Waals surface area contributed by atoms with Crippen LogP contribution in [-0.2, 0) is 0 Å². The molecule has 0 aliphatic heterocycles. The quantitative estimate of drug-likeness (QED) is 0.502. The Balaban J connectivity index is 2.99. The summed E-state index contributed by atoms with van der Waals surface area (Å²) in [5.74, 6) is 0.380. The van der Waals surface area contributed by atoms with Crippen molar-refractivity contribution in [3.8, 4) is 0 Å². The highest BCUT2D eigenvalue weighted by Crippen LogP contribution is 1.92. The zero-order valence-corrected chi connectivity index (χ0v) is 4.44. The zero-order valence-electron chi connectivity index (χ0n) is 4.44. The van der Waals surface area contributed by atoms with E-state index < -0.39 is 0 Å². The Kier molecular flexibility index (Phi) is 2.18. The van der Waals surface area contributed by atoms with Gasteiger partial charge in [-0.2, -0.15) is 0 Å². The lowest BCUT2D eigenvalue weighted by molar-refractivity contribution is 0.578. The first-order valence-electron chi connectivity index (χ1n) is 2.23. The van der Waals surface area contributed by atoms with Crippen LogP contribution in [0.2, 0.25) is 0 Å². The third kappa shape index (κ3) is 2.21. The van der Waals surface area contributed by atoms with Crippen LogP contribution in [0, 0.1) is 12.8 Å². The highest BCUT2D eigenvalue weighted by molar-refractivity contribution is 4.63. The monoisotopic (exact) mass is 86.1 g/mol. The van der Waals surface area contributed by atoms with Crippen molar-refractivity contribution >= 4 is 0 Å². The molecule has 0 aromatic heterocycles. The second-order valence-corrected chi connectivity index (χ2v) is 1.84. The molecule has 0 heterocycles. The summed E-state index contributed by atoms with van der Waals surface area (Å²) in [6.07, 6.45) is 0. The molecule has 37 valence electrons. The van der Waals surface area contributed by atoms with Crippen LogP contribution in [0.4, 0.5) is 0 Å². The summed E-state index contributed by atoms with van der Waals surface area (Å²) < 4.78 is 0. The second-order valence-electron chi connectivity index (χ2n) is 1.84. The van der Waals surface area contributed by atoms with Crippen molar-refractivity contribution in [1.29, 1.82) is 0 Å². The molecule has 0 fully saturated rings. The molecule has 0 bridgehead atoms. The second kappa shape index (κ2) is 2.19. The van der Waals surface area contributed by atoms with E-state index in [4.69, 9.17) is 5.73 Å². The molecule has 0 aliphatic carbocycles. The number of hydrogen-bond acceptors (Lipinski definition) is 1. The predicted molar refractivity (Wildman–Crippen MR) is 28.2 cm³/mol. The van der Waals surface area contributed by atoms with Gasteiger partial charge in [0, 0.05) is 6.04 Å². The summed E-state index contributed by atoms with van der Waals surface area (Å²) in [5.41, 5.74) is 5.37. The van der Waals surface area contributed by atoms with Crippen LogP contribution in [0.1, 0.15) is 13.8 Å². The van der Waals surface area contributed by atoms with Crippen LogP contribution in [0.3, 0.4) is 0 Å². The fraction of sp³-hybridized carbons (Fsp3) is 0.800. The van der Waals surface area contributed by atoms with Gasteiger partial charge in [0.2, 0.25) is 0 Å². The van der Waals surface area contributed by atoms with Gasteiger partial charge in [0.05, 0.1) is 0 Å². The van der Waals surface area contributed by atoms with E-state index in [2.05, 4.69) is 6.92 Å². The van der Waals surface area contributed by atoms with Crippen molar-refractivity contribution in [2.24, 2.45) is 11.7 Å². The predicted octanol–water partition coefficient (Wildman–Crippen LogP) is 0.804. The molecule has 6 heavy (non-hydrogen) atoms. The van der Waals surface area contributed by atoms with E-state index in [1.807, 2.05) is 13.8 Å². The molecular weight excluding hydrogens is 74.1 g/mol. The maximum absolute atomic E-state index is 5.37. The average molecular weight is 86.2 g/mol. The highest BCUT2D eigenvalue weighted by Gasteiger charge is 1.96. The maximum Gasteiger partial charge on any atom is 0.00361 e. The third-order valence-electron chi connectivity index (χ3n) is 0.898. The molecule has 0 spiro atoms. The van der Waals surface area contributed by atoms with Crippen molar-refractivity contribution < 1.29 is 0 Å². The van der Waals surface area contributed by atoms with Crippen LogP contribution in [0.5, 0.6) is 0 Å². The van der Waals surface area contributed by atoms with Crippen molar-refractivity contribution in [2.75, 3.05) is 0 Å². The van der Waals surface area contributed by atoms with Crippen LogP contribution in [0.25, 0.3) is 0 Å². The van der Waals surface area contributed by atoms with Crippen molar-refractivity contribution in [3.05, 3.63) is 6.92 Å². The Morgan fingerprint density at radius 2 is 1.67 bits per heavy atom. The molecule has 2 atom stereocenters. The molecule has 1 heteroatoms. The standard InChI is InChI=1S/C5H12N/c1-4(2)5(3)6/h4-5H,1,6H2,2-3H3. The van der Waals surface area contributed by atoms with Crippen LogP contribution in [0.15, 0.2) is 0 Å². The fourth-order valence-corrected chi connectivity index (χ4v) is 0. The third-order valence-corrected chi connectivity index (χ3v) is 0.898. The minimum Gasteiger partial charge on any atom is -0.328 e. The fourth-order valence-electron chi connectivity index (χ4n) is 0. The first kappa shape index (κ1) is 5.96. The summed E-state index contributed by atoms with van der Waals surface area (Å²) >= 11 is 0. The summed E-state index contributed by atoms with van der Waals surface area (Å²) in [6.45, 7) is 7.67. The van der Waals surface area contributed by atoms with Crippen LogP contribution < -0.4 is 5.73 Å². The SMILES string of the molecule is [CH2]C(C)C(C)N. The minimum atomic E-state index is 0.241. The summed E-state index contributed by atoms with van der Waals surface area (Å²) in [7, 11) is 0. The highest BCUT2D eigenvalue weighted by atomic mass is 14.6. The topological polar surface area (TPSA) is 26.0 Å². The van der Waals surface area contributed by atoms with E-state index in [1.165, 1.54) is 0 Å². The molecule has 0 saturated carbocycles. The first-order chi connectivity index (χ1) is 2.64. The molecule has 0 rings (SSSR count). The lowest BCUT2D eigenvalue weighted by Crippen LogP contribution is -2.21. The number of rotatable bonds is 1.